The van der Waals surface area contributed by atoms with Crippen LogP contribution in [0.15, 0.2) is 12.2 Å². The summed E-state index contributed by atoms with van der Waals surface area (Å²) in [7, 11) is -0.473. The van der Waals surface area contributed by atoms with Gasteiger partial charge >= 0.3 is 11.9 Å². The zero-order valence-corrected chi connectivity index (χ0v) is 29.9. The van der Waals surface area contributed by atoms with Crippen molar-refractivity contribution in [2.45, 2.75) is 132 Å². The average Bonchev–Trinajstić information content (AvgIpc) is 3.36. The van der Waals surface area contributed by atoms with E-state index >= 15 is 0 Å². The summed E-state index contributed by atoms with van der Waals surface area (Å²) in [4.78, 5) is 38.7. The molecule has 6 nitrogen and oxygen atoms in total. The van der Waals surface area contributed by atoms with Crippen molar-refractivity contribution in [3.63, 3.8) is 0 Å². The number of hydrogen-bond acceptors (Lipinski definition) is 5. The van der Waals surface area contributed by atoms with E-state index in [0.29, 0.717) is 30.1 Å². The quantitative estimate of drug-likeness (QED) is 0.177. The van der Waals surface area contributed by atoms with Crippen LogP contribution in [0.4, 0.5) is 0 Å². The molecule has 45 heavy (non-hydrogen) atoms. The van der Waals surface area contributed by atoms with Gasteiger partial charge in [0.1, 0.15) is 6.10 Å². The number of allylic oxidation sites excluding steroid dienone is 1. The van der Waals surface area contributed by atoms with Gasteiger partial charge in [0, 0.05) is 11.3 Å². The lowest BCUT2D eigenvalue weighted by atomic mass is 9.32. The van der Waals surface area contributed by atoms with Crippen LogP contribution in [0.25, 0.3) is 0 Å². The van der Waals surface area contributed by atoms with Crippen LogP contribution in [-0.2, 0) is 23.7 Å². The predicted molar refractivity (Wildman–Crippen MR) is 174 cm³/mol. The molecular weight excluding hydrogens is 583 g/mol. The minimum Gasteiger partial charge on any atom is -0.481 e. The first kappa shape index (κ1) is 33.4. The molecule has 6 saturated carbocycles. The van der Waals surface area contributed by atoms with E-state index in [-0.39, 0.29) is 57.0 Å². The van der Waals surface area contributed by atoms with E-state index in [1.165, 1.54) is 5.57 Å². The fourth-order valence-electron chi connectivity index (χ4n) is 13.7. The van der Waals surface area contributed by atoms with Crippen molar-refractivity contribution in [3.05, 3.63) is 12.2 Å². The highest BCUT2D eigenvalue weighted by atomic mass is 31.1. The van der Waals surface area contributed by atoms with Crippen molar-refractivity contribution in [2.75, 3.05) is 0 Å². The van der Waals surface area contributed by atoms with E-state index in [2.05, 4.69) is 48.1 Å². The van der Waals surface area contributed by atoms with Gasteiger partial charge in [-0.1, -0.05) is 60.6 Å². The normalized spacial score (nSPS) is 49.3. The van der Waals surface area contributed by atoms with Crippen LogP contribution >= 0.6 is 8.46 Å². The van der Waals surface area contributed by atoms with Crippen molar-refractivity contribution in [1.29, 1.82) is 0 Å². The lowest BCUT2D eigenvalue weighted by Crippen LogP contribution is -2.67. The highest BCUT2D eigenvalue weighted by molar-refractivity contribution is 7.46. The summed E-state index contributed by atoms with van der Waals surface area (Å²) in [6.45, 7) is 22.6. The third-order valence-electron chi connectivity index (χ3n) is 16.6. The van der Waals surface area contributed by atoms with Gasteiger partial charge in [-0.15, -0.1) is 0 Å². The van der Waals surface area contributed by atoms with Crippen molar-refractivity contribution >= 4 is 25.9 Å². The monoisotopic (exact) mass is 640 g/mol. The number of carboxylic acids is 1. The highest BCUT2D eigenvalue weighted by Gasteiger charge is 2.72. The second kappa shape index (κ2) is 10.5. The van der Waals surface area contributed by atoms with Crippen molar-refractivity contribution in [2.24, 2.45) is 73.9 Å². The minimum atomic E-state index is -0.598. The molecule has 6 aliphatic rings. The molecule has 0 bridgehead atoms. The molecule has 0 saturated heterocycles. The molecule has 12 atom stereocenters. The van der Waals surface area contributed by atoms with Crippen LogP contribution in [0, 0.1) is 73.9 Å². The highest BCUT2D eigenvalue weighted by Crippen LogP contribution is 2.77. The zero-order chi connectivity index (χ0) is 33.1. The molecule has 0 aromatic carbocycles. The van der Waals surface area contributed by atoms with Crippen LogP contribution in [0.2, 0.25) is 0 Å². The fourth-order valence-corrected chi connectivity index (χ4v) is 14.3. The lowest BCUT2D eigenvalue weighted by molar-refractivity contribution is -0.252. The number of ether oxygens (including phenoxy) is 1. The van der Waals surface area contributed by atoms with E-state index in [1.54, 1.807) is 0 Å². The minimum absolute atomic E-state index is 0.0896. The first-order valence-corrected chi connectivity index (χ1v) is 18.6. The summed E-state index contributed by atoms with van der Waals surface area (Å²) in [6, 6.07) is 0. The van der Waals surface area contributed by atoms with E-state index in [4.69, 9.17) is 4.74 Å². The van der Waals surface area contributed by atoms with Gasteiger partial charge < -0.3 is 9.84 Å². The summed E-state index contributed by atoms with van der Waals surface area (Å²) < 4.78 is 17.6. The van der Waals surface area contributed by atoms with Gasteiger partial charge in [-0.3, -0.25) is 18.9 Å². The number of aliphatic carboxylic acids is 1. The topological polar surface area (TPSA) is 97.7 Å². The standard InChI is InChI=1S/C38H57O6P/c1-21(2)22-12-17-38(32(41)42)19-18-36(8)23(29(22)38)10-11-27-35(7)15-14-28(34(5,6)26(35)13-16-37(27,36)9)44-30(39)24-20-25(31(40)45-43)33(24,3)4/h22-29H,1,10-20H2,2-9H3,(H,41,42)/t22-,23+,24-,25+,26-,27+,28-,29+,35-,36+,37+,38-/m0/s1. The van der Waals surface area contributed by atoms with Gasteiger partial charge in [-0.05, 0) is 129 Å². The van der Waals surface area contributed by atoms with E-state index in [1.807, 2.05) is 13.8 Å². The fraction of sp³-hybridized carbons (Fsp3) is 0.868. The summed E-state index contributed by atoms with van der Waals surface area (Å²) in [5, 5.41) is 10.6. The molecule has 6 aliphatic carbocycles. The van der Waals surface area contributed by atoms with Crippen molar-refractivity contribution < 1.29 is 28.8 Å². The maximum atomic E-state index is 13.5. The van der Waals surface area contributed by atoms with Gasteiger partial charge in [0.05, 0.1) is 11.3 Å². The molecule has 0 aromatic heterocycles. The Balaban J connectivity index is 1.24. The SMILES string of the molecule is C=C(C)[C@@H]1CC[C@]2(C(=O)O)CC[C@]3(C)[C@H](CC[C@@H]4[C@@]5(C)CC[C@H](OC(=O)[C@@H]6C[C@H](C(=O)P=O)C6(C)C)C(C)(C)[C@@H]5CC[C@]43C)[C@@H]12. The Kier molecular flexibility index (Phi) is 7.76. The molecule has 0 aromatic rings. The molecule has 1 N–H and O–H groups in total. The van der Waals surface area contributed by atoms with Crippen LogP contribution in [-0.4, -0.2) is 28.7 Å². The van der Waals surface area contributed by atoms with Crippen LogP contribution in [0.1, 0.15) is 126 Å². The Bertz CT molecular complexity index is 1320. The van der Waals surface area contributed by atoms with Gasteiger partial charge in [0.25, 0.3) is 0 Å². The molecule has 0 unspecified atom stereocenters. The Morgan fingerprint density at radius 2 is 1.47 bits per heavy atom. The molecule has 6 rings (SSSR count). The third kappa shape index (κ3) is 4.28. The number of carboxylic acid groups (broad SMARTS) is 1. The van der Waals surface area contributed by atoms with Gasteiger partial charge in [-0.2, -0.15) is 0 Å². The largest absolute Gasteiger partial charge is 0.481 e. The molecule has 0 amide bonds. The Hall–Kier alpha value is -1.55. The van der Waals surface area contributed by atoms with Gasteiger partial charge in [0.15, 0.2) is 0 Å². The van der Waals surface area contributed by atoms with Crippen LogP contribution in [0.3, 0.4) is 0 Å². The van der Waals surface area contributed by atoms with Crippen molar-refractivity contribution in [3.8, 4) is 0 Å². The Morgan fingerprint density at radius 3 is 2.07 bits per heavy atom. The number of esters is 1. The first-order valence-electron chi connectivity index (χ1n) is 17.8. The van der Waals surface area contributed by atoms with Crippen molar-refractivity contribution in [1.82, 2.24) is 0 Å². The maximum Gasteiger partial charge on any atom is 0.309 e. The number of hydrogen-bond donors (Lipinski definition) is 1. The first-order chi connectivity index (χ1) is 20.8. The molecule has 0 heterocycles. The molecule has 0 spiro atoms. The second-order valence-electron chi connectivity index (χ2n) is 18.5. The summed E-state index contributed by atoms with van der Waals surface area (Å²) in [5.41, 5.74) is -0.125. The summed E-state index contributed by atoms with van der Waals surface area (Å²) >= 11 is 0. The second-order valence-corrected chi connectivity index (χ2v) is 19.1. The molecule has 0 radical (unpaired) electrons. The van der Waals surface area contributed by atoms with Crippen LogP contribution in [0.5, 0.6) is 0 Å². The van der Waals surface area contributed by atoms with Crippen LogP contribution < -0.4 is 0 Å². The number of rotatable bonds is 6. The lowest BCUT2D eigenvalue weighted by Gasteiger charge is -2.72. The summed E-state index contributed by atoms with van der Waals surface area (Å²) in [5.74, 6) is 0.380. The number of carbonyl (C=O) groups excluding carboxylic acids is 2. The smallest absolute Gasteiger partial charge is 0.309 e. The van der Waals surface area contributed by atoms with Gasteiger partial charge in [-0.25, -0.2) is 0 Å². The third-order valence-corrected chi connectivity index (χ3v) is 17.1. The van der Waals surface area contributed by atoms with E-state index in [9.17, 15) is 24.1 Å². The molecule has 0 aliphatic heterocycles. The Labute approximate surface area is 272 Å². The average molecular weight is 641 g/mol. The van der Waals surface area contributed by atoms with E-state index in [0.717, 1.165) is 64.2 Å². The summed E-state index contributed by atoms with van der Waals surface area (Å²) in [6.07, 6.45) is 10.1. The molecular formula is C38H57O6P. The number of fused-ring (bicyclic) bond motifs is 7. The number of carbonyl (C=O) groups is 3. The van der Waals surface area contributed by atoms with E-state index < -0.39 is 25.3 Å². The predicted octanol–water partition coefficient (Wildman–Crippen LogP) is 9.12. The van der Waals surface area contributed by atoms with Gasteiger partial charge in [0.2, 0.25) is 14.0 Å². The zero-order valence-electron chi connectivity index (χ0n) is 29.0. The molecule has 250 valence electrons. The molecule has 7 heteroatoms. The molecule has 6 fully saturated rings. The maximum absolute atomic E-state index is 13.5. The Morgan fingerprint density at radius 1 is 0.778 bits per heavy atom.